The number of esters is 1. The number of carbonyl (C=O) groups excluding carboxylic acids is 1. The van der Waals surface area contributed by atoms with Gasteiger partial charge in [-0.2, -0.15) is 0 Å². The highest BCUT2D eigenvalue weighted by molar-refractivity contribution is 7.84. The van der Waals surface area contributed by atoms with Gasteiger partial charge in [-0.1, -0.05) is 11.6 Å². The lowest BCUT2D eigenvalue weighted by atomic mass is 10.4. The summed E-state index contributed by atoms with van der Waals surface area (Å²) in [5.41, 5.74) is 5.25. The van der Waals surface area contributed by atoms with E-state index >= 15 is 0 Å². The Morgan fingerprint density at radius 1 is 1.53 bits per heavy atom. The summed E-state index contributed by atoms with van der Waals surface area (Å²) in [6.07, 6.45) is 1.38. The summed E-state index contributed by atoms with van der Waals surface area (Å²) in [5, 5.41) is -0.0766. The number of carbonyl (C=O) groups is 1. The van der Waals surface area contributed by atoms with Gasteiger partial charge in [0.05, 0.1) is 17.9 Å². The van der Waals surface area contributed by atoms with Crippen LogP contribution in [0.1, 0.15) is 10.5 Å². The van der Waals surface area contributed by atoms with Gasteiger partial charge in [0, 0.05) is 6.26 Å². The van der Waals surface area contributed by atoms with Crippen LogP contribution < -0.4 is 5.73 Å². The Morgan fingerprint density at radius 2 is 2.13 bits per heavy atom. The second-order valence-electron chi connectivity index (χ2n) is 2.50. The molecule has 0 spiro atoms. The lowest BCUT2D eigenvalue weighted by Crippen LogP contribution is -2.12. The number of aromatic nitrogens is 2. The lowest BCUT2D eigenvalue weighted by molar-refractivity contribution is 0.0594. The van der Waals surface area contributed by atoms with Crippen molar-refractivity contribution in [1.82, 2.24) is 9.97 Å². The first kappa shape index (κ1) is 11.9. The minimum Gasteiger partial charge on any atom is -0.464 e. The normalized spacial score (nSPS) is 12.2. The Hall–Kier alpha value is -1.21. The predicted octanol–water partition coefficient (Wildman–Crippen LogP) is 0.236. The van der Waals surface area contributed by atoms with Crippen LogP contribution in [0, 0.1) is 0 Å². The van der Waals surface area contributed by atoms with E-state index in [1.807, 2.05) is 0 Å². The molecule has 1 aromatic rings. The first-order valence-corrected chi connectivity index (χ1v) is 5.65. The zero-order valence-corrected chi connectivity index (χ0v) is 9.56. The van der Waals surface area contributed by atoms with Crippen LogP contribution in [-0.4, -0.2) is 33.5 Å². The van der Waals surface area contributed by atoms with Crippen LogP contribution in [0.4, 0.5) is 5.82 Å². The summed E-state index contributed by atoms with van der Waals surface area (Å²) < 4.78 is 15.5. The quantitative estimate of drug-likeness (QED) is 0.754. The molecule has 0 saturated carbocycles. The summed E-state index contributed by atoms with van der Waals surface area (Å²) in [5.74, 6) is -0.896. The van der Waals surface area contributed by atoms with Crippen LogP contribution in [0.15, 0.2) is 5.03 Å². The van der Waals surface area contributed by atoms with E-state index in [4.69, 9.17) is 17.3 Å². The van der Waals surface area contributed by atoms with E-state index < -0.39 is 16.8 Å². The van der Waals surface area contributed by atoms with Crippen molar-refractivity contribution >= 4 is 34.2 Å². The maximum Gasteiger partial charge on any atom is 0.360 e. The minimum atomic E-state index is -1.41. The summed E-state index contributed by atoms with van der Waals surface area (Å²) in [6, 6.07) is 0. The van der Waals surface area contributed by atoms with Crippen molar-refractivity contribution in [2.45, 2.75) is 5.03 Å². The van der Waals surface area contributed by atoms with Crippen LogP contribution in [0.3, 0.4) is 0 Å². The van der Waals surface area contributed by atoms with Crippen LogP contribution in [-0.2, 0) is 15.5 Å². The average Bonchev–Trinajstić information content (AvgIpc) is 2.19. The fourth-order valence-electron chi connectivity index (χ4n) is 0.842. The second-order valence-corrected chi connectivity index (χ2v) is 4.15. The van der Waals surface area contributed by atoms with Crippen molar-refractivity contribution in [3.63, 3.8) is 0 Å². The molecule has 0 aliphatic rings. The molecule has 0 unspecified atom stereocenters. The van der Waals surface area contributed by atoms with Gasteiger partial charge in [0.15, 0.2) is 21.7 Å². The molecule has 1 rings (SSSR count). The molecule has 1 heterocycles. The van der Waals surface area contributed by atoms with Crippen molar-refractivity contribution in [2.75, 3.05) is 19.1 Å². The monoisotopic (exact) mass is 249 g/mol. The lowest BCUT2D eigenvalue weighted by Gasteiger charge is -2.05. The van der Waals surface area contributed by atoms with Crippen molar-refractivity contribution in [3.8, 4) is 0 Å². The minimum absolute atomic E-state index is 0.0434. The van der Waals surface area contributed by atoms with E-state index in [-0.39, 0.29) is 21.7 Å². The van der Waals surface area contributed by atoms with E-state index in [1.54, 1.807) is 0 Å². The van der Waals surface area contributed by atoms with Crippen molar-refractivity contribution in [1.29, 1.82) is 0 Å². The molecule has 1 aromatic heterocycles. The molecule has 0 aliphatic heterocycles. The topological polar surface area (TPSA) is 95.2 Å². The molecule has 0 aromatic carbocycles. The third-order valence-corrected chi connectivity index (χ3v) is 2.71. The van der Waals surface area contributed by atoms with E-state index in [2.05, 4.69) is 14.7 Å². The number of hydrogen-bond donors (Lipinski definition) is 1. The molecule has 0 aliphatic carbocycles. The number of hydrogen-bond acceptors (Lipinski definition) is 6. The third-order valence-electron chi connectivity index (χ3n) is 1.50. The van der Waals surface area contributed by atoms with Crippen molar-refractivity contribution in [2.24, 2.45) is 0 Å². The third kappa shape index (κ3) is 2.42. The van der Waals surface area contributed by atoms with E-state index in [0.29, 0.717) is 0 Å². The number of nitrogen functional groups attached to an aromatic ring is 1. The van der Waals surface area contributed by atoms with Crippen molar-refractivity contribution in [3.05, 3.63) is 10.8 Å². The van der Waals surface area contributed by atoms with Gasteiger partial charge in [-0.25, -0.2) is 14.8 Å². The van der Waals surface area contributed by atoms with E-state index in [9.17, 15) is 9.00 Å². The maximum absolute atomic E-state index is 11.1. The molecular formula is C7H8ClN3O3S. The highest BCUT2D eigenvalue weighted by Crippen LogP contribution is 2.18. The number of ether oxygens (including phenoxy) is 1. The number of anilines is 1. The van der Waals surface area contributed by atoms with Gasteiger partial charge in [0.1, 0.15) is 0 Å². The standard InChI is InChI=1S/C7H8ClN3O3S/c1-14-7(12)3-5(9)11-6(15(2)13)4(8)10-3/h1-2H3,(H2,9,11)/t15-/m1/s1. The predicted molar refractivity (Wildman–Crippen MR) is 55.1 cm³/mol. The maximum atomic E-state index is 11.1. The number of halogens is 1. The first-order valence-electron chi connectivity index (χ1n) is 3.72. The highest BCUT2D eigenvalue weighted by Gasteiger charge is 2.18. The van der Waals surface area contributed by atoms with Gasteiger partial charge < -0.3 is 10.5 Å². The number of nitrogens with two attached hydrogens (primary N) is 1. The molecule has 8 heteroatoms. The zero-order valence-electron chi connectivity index (χ0n) is 7.98. The molecule has 6 nitrogen and oxygen atoms in total. The van der Waals surface area contributed by atoms with E-state index in [0.717, 1.165) is 0 Å². The van der Waals surface area contributed by atoms with Crippen LogP contribution >= 0.6 is 11.6 Å². The second kappa shape index (κ2) is 4.54. The number of nitrogens with zero attached hydrogens (tertiary/aromatic N) is 2. The van der Waals surface area contributed by atoms with Crippen molar-refractivity contribution < 1.29 is 13.7 Å². The van der Waals surface area contributed by atoms with Gasteiger partial charge in [0.2, 0.25) is 0 Å². The molecule has 15 heavy (non-hydrogen) atoms. The summed E-state index contributed by atoms with van der Waals surface area (Å²) in [6.45, 7) is 0. The zero-order chi connectivity index (χ0) is 11.6. The molecule has 2 N–H and O–H groups in total. The SMILES string of the molecule is COC(=O)c1nc(Cl)c([S@@](C)=O)nc1N. The Kier molecular flexibility index (Phi) is 3.59. The largest absolute Gasteiger partial charge is 0.464 e. The van der Waals surface area contributed by atoms with E-state index in [1.165, 1.54) is 13.4 Å². The van der Waals surface area contributed by atoms with Gasteiger partial charge in [-0.15, -0.1) is 0 Å². The smallest absolute Gasteiger partial charge is 0.360 e. The van der Waals surface area contributed by atoms with Gasteiger partial charge in [-0.3, -0.25) is 4.21 Å². The van der Waals surface area contributed by atoms with Crippen LogP contribution in [0.25, 0.3) is 0 Å². The fourth-order valence-corrected chi connectivity index (χ4v) is 1.80. The van der Waals surface area contributed by atoms with Crippen LogP contribution in [0.2, 0.25) is 5.15 Å². The molecular weight excluding hydrogens is 242 g/mol. The first-order chi connectivity index (χ1) is 6.97. The Morgan fingerprint density at radius 3 is 2.60 bits per heavy atom. The summed E-state index contributed by atoms with van der Waals surface area (Å²) in [7, 11) is -0.228. The number of rotatable bonds is 2. The Bertz CT molecular complexity index is 438. The van der Waals surface area contributed by atoms with Gasteiger partial charge >= 0.3 is 5.97 Å². The molecule has 0 bridgehead atoms. The molecule has 0 saturated heterocycles. The molecule has 0 radical (unpaired) electrons. The van der Waals surface area contributed by atoms with Crippen LogP contribution in [0.5, 0.6) is 0 Å². The van der Waals surface area contributed by atoms with Gasteiger partial charge in [-0.05, 0) is 0 Å². The summed E-state index contributed by atoms with van der Waals surface area (Å²) >= 11 is 5.67. The average molecular weight is 250 g/mol. The molecule has 82 valence electrons. The summed E-state index contributed by atoms with van der Waals surface area (Å²) in [4.78, 5) is 18.5. The Balaban J connectivity index is 3.31. The molecule has 0 fully saturated rings. The van der Waals surface area contributed by atoms with Gasteiger partial charge in [0.25, 0.3) is 0 Å². The molecule has 1 atom stereocenters. The number of methoxy groups -OCH3 is 1. The fraction of sp³-hybridized carbons (Fsp3) is 0.286. The molecule has 0 amide bonds. The Labute approximate surface area is 93.3 Å². The highest BCUT2D eigenvalue weighted by atomic mass is 35.5.